The number of benzene rings is 1. The van der Waals surface area contributed by atoms with Crippen LogP contribution in [0.2, 0.25) is 0 Å². The van der Waals surface area contributed by atoms with Gasteiger partial charge in [-0.05, 0) is 19.1 Å². The van der Waals surface area contributed by atoms with Crippen molar-refractivity contribution in [2.75, 3.05) is 0 Å². The molecule has 0 spiro atoms. The van der Waals surface area contributed by atoms with E-state index in [-0.39, 0.29) is 34.5 Å². The monoisotopic (exact) mass is 389 g/mol. The van der Waals surface area contributed by atoms with Crippen molar-refractivity contribution < 1.29 is 67.7 Å². The molecule has 0 heterocycles. The molecule has 0 bridgehead atoms. The molecule has 0 fully saturated rings. The number of sulfonamides is 1. The van der Waals surface area contributed by atoms with Crippen molar-refractivity contribution in [3.63, 3.8) is 0 Å². The maximum Gasteiger partial charge on any atom is 1.00 e. The van der Waals surface area contributed by atoms with E-state index >= 15 is 0 Å². The van der Waals surface area contributed by atoms with Crippen LogP contribution in [0.15, 0.2) is 29.2 Å². The van der Waals surface area contributed by atoms with Crippen molar-refractivity contribution >= 4 is 39.5 Å². The number of rotatable bonds is 6. The molecule has 1 rings (SSSR count). The fraction of sp³-hybridized carbons (Fsp3) is 0.250. The van der Waals surface area contributed by atoms with Gasteiger partial charge < -0.3 is 19.6 Å². The molecule has 9 nitrogen and oxygen atoms in total. The van der Waals surface area contributed by atoms with Crippen molar-refractivity contribution in [1.29, 1.82) is 0 Å². The van der Waals surface area contributed by atoms with Gasteiger partial charge in [-0.25, -0.2) is 18.0 Å². The van der Waals surface area contributed by atoms with Crippen LogP contribution in [0, 0.1) is 6.92 Å². The first-order chi connectivity index (χ1) is 10.5. The maximum atomic E-state index is 11.0. The van der Waals surface area contributed by atoms with Crippen molar-refractivity contribution in [2.45, 2.75) is 24.3 Å². The molecule has 0 saturated carbocycles. The molecule has 3 N–H and O–H groups in total. The second-order valence-electron chi connectivity index (χ2n) is 4.14. The van der Waals surface area contributed by atoms with Gasteiger partial charge in [-0.1, -0.05) is 17.7 Å². The van der Waals surface area contributed by atoms with Gasteiger partial charge in [-0.3, -0.25) is 16.6 Å². The van der Waals surface area contributed by atoms with Gasteiger partial charge in [0, 0.05) is 4.90 Å². The Balaban J connectivity index is 0. The van der Waals surface area contributed by atoms with Gasteiger partial charge in [-0.15, -0.1) is 0 Å². The Morgan fingerprint density at radius 1 is 1.17 bits per heavy atom. The second-order valence-corrected chi connectivity index (χ2v) is 6.12. The first-order valence-electron chi connectivity index (χ1n) is 5.83. The largest absolute Gasteiger partial charge is 1.00 e. The fourth-order valence-electron chi connectivity index (χ4n) is 1.10. The van der Waals surface area contributed by atoms with Crippen LogP contribution in [-0.2, 0) is 24.4 Å². The number of nitrogens with zero attached hydrogens (tertiary/aromatic N) is 1. The quantitative estimate of drug-likeness (QED) is 0.361. The number of carboxylic acids is 2. The van der Waals surface area contributed by atoms with E-state index in [1.165, 1.54) is 12.1 Å². The minimum Gasteiger partial charge on any atom is -0.479 e. The van der Waals surface area contributed by atoms with E-state index < -0.39 is 40.3 Å². The normalized spacial score (nSPS) is 11.3. The Morgan fingerprint density at radius 2 is 1.62 bits per heavy atom. The van der Waals surface area contributed by atoms with E-state index in [9.17, 15) is 22.8 Å². The van der Waals surface area contributed by atoms with Crippen LogP contribution in [-0.4, -0.2) is 47.6 Å². The Kier molecular flexibility index (Phi) is 12.1. The summed E-state index contributed by atoms with van der Waals surface area (Å²) in [4.78, 5) is 30.0. The van der Waals surface area contributed by atoms with Crippen LogP contribution in [0.3, 0.4) is 0 Å². The van der Waals surface area contributed by atoms with E-state index in [0.717, 1.165) is 5.56 Å². The van der Waals surface area contributed by atoms with Gasteiger partial charge >= 0.3 is 41.5 Å². The Hall–Kier alpha value is -1.01. The first-order valence-corrected chi connectivity index (χ1v) is 7.61. The van der Waals surface area contributed by atoms with Crippen LogP contribution < -0.4 is 29.6 Å². The van der Waals surface area contributed by atoms with E-state index in [2.05, 4.69) is 4.24 Å². The number of aliphatic carboxylic acids is 2. The van der Waals surface area contributed by atoms with Crippen LogP contribution in [0.25, 0.3) is 4.24 Å². The molecule has 1 aromatic rings. The molecule has 0 aromatic heterocycles. The fourth-order valence-corrected chi connectivity index (χ4v) is 1.90. The zero-order valence-electron chi connectivity index (χ0n) is 12.7. The summed E-state index contributed by atoms with van der Waals surface area (Å²) in [6, 6.07) is 6.32. The number of carboxylic acid groups (broad SMARTS) is 2. The Bertz CT molecular complexity index is 677. The van der Waals surface area contributed by atoms with Gasteiger partial charge in [0.15, 0.2) is 6.10 Å². The number of carbonyl (C=O) groups is 3. The van der Waals surface area contributed by atoms with Crippen LogP contribution >= 0.6 is 11.8 Å². The third kappa shape index (κ3) is 9.33. The average Bonchev–Trinajstić information content (AvgIpc) is 2.48. The molecule has 24 heavy (non-hydrogen) atoms. The topological polar surface area (TPSA) is 160 Å². The van der Waals surface area contributed by atoms with Crippen LogP contribution in [0.5, 0.6) is 0 Å². The van der Waals surface area contributed by atoms with Gasteiger partial charge in [0.05, 0.1) is 6.42 Å². The minimum atomic E-state index is -3.62. The predicted molar refractivity (Wildman–Crippen MR) is 78.5 cm³/mol. The summed E-state index contributed by atoms with van der Waals surface area (Å²) in [7, 11) is -3.62. The molecule has 12 heteroatoms. The summed E-state index contributed by atoms with van der Waals surface area (Å²) >= 11 is 4.90. The number of carbonyl (C=O) groups excluding carboxylic acids is 1. The maximum absolute atomic E-state index is 11.0. The van der Waals surface area contributed by atoms with Crippen molar-refractivity contribution in [1.82, 2.24) is 0 Å². The Morgan fingerprint density at radius 3 is 1.96 bits per heavy atom. The van der Waals surface area contributed by atoms with E-state index in [0.29, 0.717) is 0 Å². The van der Waals surface area contributed by atoms with Gasteiger partial charge in [0.2, 0.25) is 5.78 Å². The van der Waals surface area contributed by atoms with Crippen molar-refractivity contribution in [3.05, 3.63) is 34.1 Å². The van der Waals surface area contributed by atoms with E-state index in [1.807, 2.05) is 6.92 Å². The summed E-state index contributed by atoms with van der Waals surface area (Å²) in [5.41, 5.74) is 0.989. The molecular formula is C12H13ClNNaO8S. The molecule has 1 atom stereocenters. The molecular weight excluding hydrogens is 377 g/mol. The average molecular weight is 390 g/mol. The summed E-state index contributed by atoms with van der Waals surface area (Å²) in [6.07, 6.45) is -2.83. The van der Waals surface area contributed by atoms with Crippen molar-refractivity contribution in [2.24, 2.45) is 0 Å². The number of Topliss-reactive ketones (excluding diaryl/α,β-unsaturated/α-hetero) is 1. The molecule has 1 unspecified atom stereocenters. The van der Waals surface area contributed by atoms with Gasteiger partial charge in [0.25, 0.3) is 0 Å². The third-order valence-corrected chi connectivity index (χ3v) is 3.91. The molecule has 0 amide bonds. The number of ketones is 1. The van der Waals surface area contributed by atoms with Gasteiger partial charge in [-0.2, -0.15) is 0 Å². The Labute approximate surface area is 165 Å². The standard InChI is InChI=1S/C7H7ClNO2S.C5H6O6.Na/c1-6-2-4-7(5-3-6)12(10,11)9-8;6-2(4(8)9)1-3(7)5(10)11;/h2-5H,1H3;2,6H,1H2,(H,8,9)(H,10,11);/q-1;;+1. The minimum absolute atomic E-state index is 0. The number of aliphatic hydroxyl groups excluding tert-OH is 1. The van der Waals surface area contributed by atoms with Gasteiger partial charge in [0.1, 0.15) is 10.0 Å². The second kappa shape index (κ2) is 11.5. The molecule has 0 saturated heterocycles. The molecule has 128 valence electrons. The molecule has 0 aliphatic heterocycles. The zero-order valence-corrected chi connectivity index (χ0v) is 16.3. The zero-order chi connectivity index (χ0) is 18.2. The summed E-state index contributed by atoms with van der Waals surface area (Å²) in [6.45, 7) is 1.87. The van der Waals surface area contributed by atoms with E-state index in [4.69, 9.17) is 27.1 Å². The number of aryl methyl sites for hydroxylation is 1. The SMILES string of the molecule is Cc1ccc(S(=O)(=O)[N-]Cl)cc1.O=C(O)C(=O)CC(O)C(=O)O.[Na+]. The molecule has 0 aliphatic rings. The first kappa shape index (κ1) is 25.2. The van der Waals surface area contributed by atoms with Crippen molar-refractivity contribution in [3.8, 4) is 0 Å². The summed E-state index contributed by atoms with van der Waals surface area (Å²) < 4.78 is 24.8. The van der Waals surface area contributed by atoms with Crippen LogP contribution in [0.1, 0.15) is 12.0 Å². The van der Waals surface area contributed by atoms with E-state index in [1.54, 1.807) is 12.1 Å². The summed E-state index contributed by atoms with van der Waals surface area (Å²) in [5, 5.41) is 24.4. The van der Waals surface area contributed by atoms with Crippen LogP contribution in [0.4, 0.5) is 0 Å². The number of hydrogen-bond acceptors (Lipinski definition) is 6. The molecule has 0 radical (unpaired) electrons. The third-order valence-electron chi connectivity index (χ3n) is 2.31. The smallest absolute Gasteiger partial charge is 0.479 e. The summed E-state index contributed by atoms with van der Waals surface area (Å²) in [5.74, 6) is -4.68. The number of hydrogen-bond donors (Lipinski definition) is 3. The number of halogens is 1. The molecule has 0 aliphatic carbocycles. The number of aliphatic hydroxyl groups is 1. The predicted octanol–water partition coefficient (Wildman–Crippen LogP) is -2.31. The molecule has 1 aromatic carbocycles.